The number of ether oxygens (including phenoxy) is 1. The van der Waals surface area contributed by atoms with Gasteiger partial charge in [-0.3, -0.25) is 5.32 Å². The fraction of sp³-hybridized carbons (Fsp3) is 0.333. The summed E-state index contributed by atoms with van der Waals surface area (Å²) in [4.78, 5) is 16.3. The first-order chi connectivity index (χ1) is 9.88. The first kappa shape index (κ1) is 15.3. The molecule has 0 aliphatic heterocycles. The molecule has 0 spiro atoms. The minimum Gasteiger partial charge on any atom is -0.497 e. The Morgan fingerprint density at radius 3 is 2.38 bits per heavy atom. The average molecular weight is 305 g/mol. The van der Waals surface area contributed by atoms with Crippen molar-refractivity contribution in [2.45, 2.75) is 26.2 Å². The highest BCUT2D eigenvalue weighted by molar-refractivity contribution is 7.14. The molecule has 1 heterocycles. The first-order valence-electron chi connectivity index (χ1n) is 6.56. The van der Waals surface area contributed by atoms with Gasteiger partial charge in [0.1, 0.15) is 5.75 Å². The van der Waals surface area contributed by atoms with Gasteiger partial charge in [-0.15, -0.1) is 11.3 Å². The van der Waals surface area contributed by atoms with Crippen LogP contribution in [-0.2, 0) is 5.41 Å². The van der Waals surface area contributed by atoms with Gasteiger partial charge in [0.15, 0.2) is 5.13 Å². The van der Waals surface area contributed by atoms with E-state index in [1.807, 2.05) is 5.38 Å². The SMILES string of the molecule is COc1ccc(NC(=O)Nc2nc(C(C)(C)C)cs2)cc1. The first-order valence-corrected chi connectivity index (χ1v) is 7.44. The molecule has 0 bridgehead atoms. The molecule has 5 nitrogen and oxygen atoms in total. The van der Waals surface area contributed by atoms with E-state index in [0.717, 1.165) is 11.4 Å². The Hall–Kier alpha value is -2.08. The maximum Gasteiger partial charge on any atom is 0.325 e. The van der Waals surface area contributed by atoms with Crippen LogP contribution in [0.5, 0.6) is 5.75 Å². The highest BCUT2D eigenvalue weighted by atomic mass is 32.1. The largest absolute Gasteiger partial charge is 0.497 e. The van der Waals surface area contributed by atoms with Crippen molar-refractivity contribution < 1.29 is 9.53 Å². The molecule has 2 rings (SSSR count). The molecule has 1 aromatic carbocycles. The van der Waals surface area contributed by atoms with Crippen molar-refractivity contribution in [1.29, 1.82) is 0 Å². The summed E-state index contributed by atoms with van der Waals surface area (Å²) < 4.78 is 5.07. The molecule has 2 amide bonds. The third-order valence-electron chi connectivity index (χ3n) is 2.84. The molecule has 0 unspecified atom stereocenters. The van der Waals surface area contributed by atoms with Gasteiger partial charge in [0, 0.05) is 16.5 Å². The number of anilines is 2. The molecule has 0 atom stereocenters. The zero-order valence-electron chi connectivity index (χ0n) is 12.6. The zero-order valence-corrected chi connectivity index (χ0v) is 13.4. The van der Waals surface area contributed by atoms with Crippen LogP contribution in [0.2, 0.25) is 0 Å². The second kappa shape index (κ2) is 6.13. The fourth-order valence-electron chi connectivity index (χ4n) is 1.61. The third kappa shape index (κ3) is 4.19. The van der Waals surface area contributed by atoms with Gasteiger partial charge in [-0.05, 0) is 24.3 Å². The molecule has 112 valence electrons. The summed E-state index contributed by atoms with van der Waals surface area (Å²) in [6.07, 6.45) is 0. The number of thiazole rings is 1. The number of aromatic nitrogens is 1. The lowest BCUT2D eigenvalue weighted by atomic mass is 9.93. The van der Waals surface area contributed by atoms with Crippen LogP contribution in [0.3, 0.4) is 0 Å². The van der Waals surface area contributed by atoms with E-state index in [0.29, 0.717) is 10.8 Å². The molecule has 21 heavy (non-hydrogen) atoms. The summed E-state index contributed by atoms with van der Waals surface area (Å²) in [5.74, 6) is 0.746. The Morgan fingerprint density at radius 1 is 1.19 bits per heavy atom. The van der Waals surface area contributed by atoms with E-state index in [4.69, 9.17) is 4.74 Å². The molecular formula is C15H19N3O2S. The number of amides is 2. The molecule has 0 saturated carbocycles. The molecule has 6 heteroatoms. The van der Waals surface area contributed by atoms with E-state index in [1.165, 1.54) is 11.3 Å². The lowest BCUT2D eigenvalue weighted by Crippen LogP contribution is -2.19. The second-order valence-corrected chi connectivity index (χ2v) is 6.45. The predicted octanol–water partition coefficient (Wildman–Crippen LogP) is 4.09. The number of benzene rings is 1. The third-order valence-corrected chi connectivity index (χ3v) is 3.60. The number of rotatable bonds is 3. The van der Waals surface area contributed by atoms with Gasteiger partial charge in [-0.2, -0.15) is 0 Å². The summed E-state index contributed by atoms with van der Waals surface area (Å²) in [7, 11) is 1.60. The molecule has 0 aliphatic carbocycles. The van der Waals surface area contributed by atoms with Crippen LogP contribution in [0.1, 0.15) is 26.5 Å². The standard InChI is InChI=1S/C15H19N3O2S/c1-15(2,3)12-9-21-14(17-12)18-13(19)16-10-5-7-11(20-4)8-6-10/h5-9H,1-4H3,(H2,16,17,18,19). The van der Waals surface area contributed by atoms with Crippen LogP contribution in [-0.4, -0.2) is 18.1 Å². The molecule has 2 aromatic rings. The Morgan fingerprint density at radius 2 is 1.86 bits per heavy atom. The maximum absolute atomic E-state index is 11.9. The molecule has 2 N–H and O–H groups in total. The van der Waals surface area contributed by atoms with Crippen LogP contribution in [0.25, 0.3) is 0 Å². The Bertz CT molecular complexity index is 615. The Labute approximate surface area is 128 Å². The van der Waals surface area contributed by atoms with Gasteiger partial charge in [0.05, 0.1) is 12.8 Å². The van der Waals surface area contributed by atoms with Gasteiger partial charge in [0.2, 0.25) is 0 Å². The number of nitrogens with one attached hydrogen (secondary N) is 2. The molecular weight excluding hydrogens is 286 g/mol. The van der Waals surface area contributed by atoms with Crippen LogP contribution < -0.4 is 15.4 Å². The van der Waals surface area contributed by atoms with Gasteiger partial charge in [0.25, 0.3) is 0 Å². The molecule has 0 radical (unpaired) electrons. The van der Waals surface area contributed by atoms with Gasteiger partial charge in [-0.25, -0.2) is 9.78 Å². The molecule has 0 fully saturated rings. The topological polar surface area (TPSA) is 63.2 Å². The van der Waals surface area contributed by atoms with Crippen molar-refractivity contribution in [2.24, 2.45) is 0 Å². The molecule has 1 aromatic heterocycles. The van der Waals surface area contributed by atoms with E-state index < -0.39 is 0 Å². The number of hydrogen-bond acceptors (Lipinski definition) is 4. The summed E-state index contributed by atoms with van der Waals surface area (Å²) >= 11 is 1.42. The lowest BCUT2D eigenvalue weighted by Gasteiger charge is -2.14. The van der Waals surface area contributed by atoms with Crippen molar-refractivity contribution in [3.63, 3.8) is 0 Å². The molecule has 0 aliphatic rings. The number of carbonyl (C=O) groups excluding carboxylic acids is 1. The Kier molecular flexibility index (Phi) is 4.47. The summed E-state index contributed by atoms with van der Waals surface area (Å²) in [5.41, 5.74) is 1.64. The predicted molar refractivity (Wildman–Crippen MR) is 86.4 cm³/mol. The van der Waals surface area contributed by atoms with Crippen LogP contribution in [0.4, 0.5) is 15.6 Å². The van der Waals surface area contributed by atoms with E-state index in [1.54, 1.807) is 31.4 Å². The van der Waals surface area contributed by atoms with Gasteiger partial charge in [-0.1, -0.05) is 20.8 Å². The molecule has 0 saturated heterocycles. The van der Waals surface area contributed by atoms with Crippen molar-refractivity contribution in [3.05, 3.63) is 35.3 Å². The lowest BCUT2D eigenvalue weighted by molar-refractivity contribution is 0.262. The summed E-state index contributed by atoms with van der Waals surface area (Å²) in [6.45, 7) is 6.26. The van der Waals surface area contributed by atoms with Gasteiger partial charge < -0.3 is 10.1 Å². The number of urea groups is 1. The van der Waals surface area contributed by atoms with E-state index in [9.17, 15) is 4.79 Å². The monoisotopic (exact) mass is 305 g/mol. The quantitative estimate of drug-likeness (QED) is 0.897. The van der Waals surface area contributed by atoms with Crippen LogP contribution >= 0.6 is 11.3 Å². The highest BCUT2D eigenvalue weighted by Gasteiger charge is 2.18. The Balaban J connectivity index is 1.96. The van der Waals surface area contributed by atoms with Crippen molar-refractivity contribution in [3.8, 4) is 5.75 Å². The van der Waals surface area contributed by atoms with E-state index >= 15 is 0 Å². The number of methoxy groups -OCH3 is 1. The van der Waals surface area contributed by atoms with Crippen molar-refractivity contribution in [2.75, 3.05) is 17.7 Å². The second-order valence-electron chi connectivity index (χ2n) is 5.60. The van der Waals surface area contributed by atoms with Crippen molar-refractivity contribution in [1.82, 2.24) is 4.98 Å². The summed E-state index contributed by atoms with van der Waals surface area (Å²) in [6, 6.07) is 6.82. The fourth-order valence-corrected chi connectivity index (χ4v) is 2.54. The maximum atomic E-state index is 11.9. The van der Waals surface area contributed by atoms with E-state index in [-0.39, 0.29) is 11.4 Å². The highest BCUT2D eigenvalue weighted by Crippen LogP contribution is 2.26. The zero-order chi connectivity index (χ0) is 15.5. The number of hydrogen-bond donors (Lipinski definition) is 2. The van der Waals surface area contributed by atoms with Gasteiger partial charge >= 0.3 is 6.03 Å². The minimum atomic E-state index is -0.310. The van der Waals surface area contributed by atoms with Crippen LogP contribution in [0.15, 0.2) is 29.6 Å². The number of nitrogens with zero attached hydrogens (tertiary/aromatic N) is 1. The van der Waals surface area contributed by atoms with Crippen LogP contribution in [0, 0.1) is 0 Å². The summed E-state index contributed by atoms with van der Waals surface area (Å²) in [5, 5.41) is 8.04. The smallest absolute Gasteiger partial charge is 0.325 e. The normalized spacial score (nSPS) is 11.0. The average Bonchev–Trinajstić information content (AvgIpc) is 2.88. The number of carbonyl (C=O) groups is 1. The van der Waals surface area contributed by atoms with Crippen molar-refractivity contribution >= 4 is 28.2 Å². The van der Waals surface area contributed by atoms with E-state index in [2.05, 4.69) is 36.4 Å². The minimum absolute atomic E-state index is 0.0249.